The largest absolute Gasteiger partial charge is 0.469 e. The third kappa shape index (κ3) is 3.34. The number of carbonyl (C=O) groups is 3. The van der Waals surface area contributed by atoms with Gasteiger partial charge >= 0.3 is 5.97 Å². The summed E-state index contributed by atoms with van der Waals surface area (Å²) in [5, 5.41) is 13.6. The van der Waals surface area contributed by atoms with Gasteiger partial charge in [-0.2, -0.15) is 0 Å². The lowest BCUT2D eigenvalue weighted by Gasteiger charge is -2.34. The number of methoxy groups -OCH3 is 1. The van der Waals surface area contributed by atoms with Gasteiger partial charge < -0.3 is 15.0 Å². The number of esters is 1. The van der Waals surface area contributed by atoms with E-state index in [0.717, 1.165) is 0 Å². The van der Waals surface area contributed by atoms with Crippen LogP contribution in [0.15, 0.2) is 18.2 Å². The number of nitrogens with zero attached hydrogens (tertiary/aromatic N) is 2. The summed E-state index contributed by atoms with van der Waals surface area (Å²) in [7, 11) is 1.19. The minimum absolute atomic E-state index is 0.133. The first-order valence-electron chi connectivity index (χ1n) is 7.26. The molecule has 0 spiro atoms. The fourth-order valence-corrected chi connectivity index (χ4v) is 2.61. The second kappa shape index (κ2) is 7.07. The van der Waals surface area contributed by atoms with Crippen LogP contribution in [0.3, 0.4) is 0 Å². The van der Waals surface area contributed by atoms with Gasteiger partial charge in [-0.3, -0.25) is 24.5 Å². The zero-order valence-electron chi connectivity index (χ0n) is 13.3. The van der Waals surface area contributed by atoms with Crippen LogP contribution in [-0.2, 0) is 14.3 Å². The predicted molar refractivity (Wildman–Crippen MR) is 82.3 cm³/mol. The number of benzene rings is 1. The fraction of sp³-hybridized carbons (Fsp3) is 0.400. The van der Waals surface area contributed by atoms with Gasteiger partial charge in [0.05, 0.1) is 18.5 Å². The van der Waals surface area contributed by atoms with E-state index in [-0.39, 0.29) is 36.3 Å². The fourth-order valence-electron chi connectivity index (χ4n) is 2.61. The van der Waals surface area contributed by atoms with Gasteiger partial charge in [0, 0.05) is 30.3 Å². The Kier molecular flexibility index (Phi) is 5.12. The predicted octanol–water partition coefficient (Wildman–Crippen LogP) is 0.407. The van der Waals surface area contributed by atoms with E-state index >= 15 is 0 Å². The molecular weight excluding hydrogens is 318 g/mol. The minimum Gasteiger partial charge on any atom is -0.469 e. The van der Waals surface area contributed by atoms with Crippen LogP contribution in [0.5, 0.6) is 0 Å². The molecule has 1 heterocycles. The first-order valence-corrected chi connectivity index (χ1v) is 7.26. The summed E-state index contributed by atoms with van der Waals surface area (Å²) in [6.07, 6.45) is -0.276. The maximum atomic E-state index is 12.8. The molecular formula is C15H17N3O6. The number of hydrogen-bond acceptors (Lipinski definition) is 6. The molecule has 0 bridgehead atoms. The zero-order chi connectivity index (χ0) is 17.9. The molecule has 24 heavy (non-hydrogen) atoms. The van der Waals surface area contributed by atoms with Gasteiger partial charge in [0.2, 0.25) is 5.91 Å². The topological polar surface area (TPSA) is 119 Å². The van der Waals surface area contributed by atoms with Crippen molar-refractivity contribution < 1.29 is 24.0 Å². The molecule has 1 unspecified atom stereocenters. The van der Waals surface area contributed by atoms with Gasteiger partial charge in [0.1, 0.15) is 6.04 Å². The van der Waals surface area contributed by atoms with Gasteiger partial charge in [-0.15, -0.1) is 0 Å². The van der Waals surface area contributed by atoms with E-state index in [9.17, 15) is 24.5 Å². The lowest BCUT2D eigenvalue weighted by molar-refractivity contribution is -0.385. The van der Waals surface area contributed by atoms with Crippen LogP contribution in [0.4, 0.5) is 5.69 Å². The summed E-state index contributed by atoms with van der Waals surface area (Å²) in [5.74, 6) is -1.60. The van der Waals surface area contributed by atoms with Gasteiger partial charge in [-0.1, -0.05) is 6.07 Å². The quantitative estimate of drug-likeness (QED) is 0.483. The number of ether oxygens (including phenoxy) is 1. The number of nitro benzene ring substituents is 1. The molecule has 1 fully saturated rings. The monoisotopic (exact) mass is 335 g/mol. The smallest absolute Gasteiger partial charge is 0.308 e. The van der Waals surface area contributed by atoms with Crippen LogP contribution in [0.1, 0.15) is 22.3 Å². The van der Waals surface area contributed by atoms with E-state index in [2.05, 4.69) is 10.1 Å². The maximum Gasteiger partial charge on any atom is 0.308 e. The van der Waals surface area contributed by atoms with Crippen molar-refractivity contribution in [1.82, 2.24) is 10.2 Å². The van der Waals surface area contributed by atoms with Crippen LogP contribution < -0.4 is 5.32 Å². The van der Waals surface area contributed by atoms with E-state index in [4.69, 9.17) is 0 Å². The lowest BCUT2D eigenvalue weighted by atomic mass is 10.0. The first kappa shape index (κ1) is 17.4. The number of amides is 2. The summed E-state index contributed by atoms with van der Waals surface area (Å²) in [6, 6.07) is 3.18. The standard InChI is InChI=1S/C15H17N3O6/c1-9-10(4-3-5-11(9)18(22)23)15(21)17-7-6-16-14(20)12(17)8-13(19)24-2/h3-5,12H,6-8H2,1-2H3,(H,16,20). The van der Waals surface area contributed by atoms with Crippen molar-refractivity contribution in [2.45, 2.75) is 19.4 Å². The Morgan fingerprint density at radius 2 is 2.17 bits per heavy atom. The third-order valence-electron chi connectivity index (χ3n) is 3.91. The summed E-state index contributed by atoms with van der Waals surface area (Å²) >= 11 is 0. The van der Waals surface area contributed by atoms with Crippen LogP contribution in [-0.4, -0.2) is 53.8 Å². The molecule has 1 aliphatic rings. The molecule has 9 nitrogen and oxygen atoms in total. The molecule has 2 amide bonds. The number of nitro groups is 1. The highest BCUT2D eigenvalue weighted by Crippen LogP contribution is 2.24. The summed E-state index contributed by atoms with van der Waals surface area (Å²) < 4.78 is 4.56. The lowest BCUT2D eigenvalue weighted by Crippen LogP contribution is -2.57. The van der Waals surface area contributed by atoms with Gasteiger partial charge in [0.25, 0.3) is 11.6 Å². The molecule has 0 aliphatic carbocycles. The van der Waals surface area contributed by atoms with Crippen molar-refractivity contribution in [3.8, 4) is 0 Å². The summed E-state index contributed by atoms with van der Waals surface area (Å²) in [4.78, 5) is 48.0. The normalized spacial score (nSPS) is 17.2. The molecule has 0 saturated carbocycles. The molecule has 1 aliphatic heterocycles. The van der Waals surface area contributed by atoms with Crippen LogP contribution in [0.25, 0.3) is 0 Å². The molecule has 9 heteroatoms. The van der Waals surface area contributed by atoms with E-state index in [1.807, 2.05) is 0 Å². The highest BCUT2D eigenvalue weighted by Gasteiger charge is 2.36. The molecule has 0 radical (unpaired) electrons. The van der Waals surface area contributed by atoms with Crippen molar-refractivity contribution in [3.63, 3.8) is 0 Å². The average molecular weight is 335 g/mol. The van der Waals surface area contributed by atoms with Crippen molar-refractivity contribution in [2.75, 3.05) is 20.2 Å². The molecule has 1 N–H and O–H groups in total. The number of piperazine rings is 1. The van der Waals surface area contributed by atoms with E-state index in [1.54, 1.807) is 0 Å². The molecule has 1 aromatic rings. The number of rotatable bonds is 4. The average Bonchev–Trinajstić information content (AvgIpc) is 2.55. The Morgan fingerprint density at radius 3 is 2.79 bits per heavy atom. The Bertz CT molecular complexity index is 702. The molecule has 0 aromatic heterocycles. The van der Waals surface area contributed by atoms with Gasteiger partial charge in [-0.25, -0.2) is 0 Å². The Labute approximate surface area is 137 Å². The second-order valence-electron chi connectivity index (χ2n) is 5.29. The van der Waals surface area contributed by atoms with Crippen LogP contribution in [0.2, 0.25) is 0 Å². The molecule has 1 saturated heterocycles. The Hall–Kier alpha value is -2.97. The molecule has 2 rings (SSSR count). The number of carbonyl (C=O) groups excluding carboxylic acids is 3. The SMILES string of the molecule is COC(=O)CC1C(=O)NCCN1C(=O)c1cccc([N+](=O)[O-])c1C. The molecule has 1 aromatic carbocycles. The van der Waals surface area contributed by atoms with Gasteiger partial charge in [-0.05, 0) is 13.0 Å². The molecule has 1 atom stereocenters. The summed E-state index contributed by atoms with van der Waals surface area (Å²) in [6.45, 7) is 1.93. The van der Waals surface area contributed by atoms with Crippen molar-refractivity contribution in [1.29, 1.82) is 0 Å². The number of hydrogen-bond donors (Lipinski definition) is 1. The summed E-state index contributed by atoms with van der Waals surface area (Å²) in [5.41, 5.74) is 0.177. The van der Waals surface area contributed by atoms with E-state index in [1.165, 1.54) is 37.1 Å². The van der Waals surface area contributed by atoms with Crippen molar-refractivity contribution in [2.24, 2.45) is 0 Å². The van der Waals surface area contributed by atoms with E-state index in [0.29, 0.717) is 0 Å². The maximum absolute atomic E-state index is 12.8. The van der Waals surface area contributed by atoms with E-state index < -0.39 is 28.7 Å². The number of nitrogens with one attached hydrogen (secondary N) is 1. The van der Waals surface area contributed by atoms with Gasteiger partial charge in [0.15, 0.2) is 0 Å². The Morgan fingerprint density at radius 1 is 1.46 bits per heavy atom. The second-order valence-corrected chi connectivity index (χ2v) is 5.29. The highest BCUT2D eigenvalue weighted by molar-refractivity contribution is 6.00. The third-order valence-corrected chi connectivity index (χ3v) is 3.91. The Balaban J connectivity index is 2.36. The van der Waals surface area contributed by atoms with Crippen molar-refractivity contribution >= 4 is 23.5 Å². The minimum atomic E-state index is -1.00. The molecule has 128 valence electrons. The highest BCUT2D eigenvalue weighted by atomic mass is 16.6. The van der Waals surface area contributed by atoms with Crippen molar-refractivity contribution in [3.05, 3.63) is 39.4 Å². The van der Waals surface area contributed by atoms with Crippen LogP contribution in [0, 0.1) is 17.0 Å². The first-order chi connectivity index (χ1) is 11.4. The van der Waals surface area contributed by atoms with Crippen LogP contribution >= 0.6 is 0 Å². The zero-order valence-corrected chi connectivity index (χ0v) is 13.3.